The van der Waals surface area contributed by atoms with E-state index < -0.39 is 0 Å². The lowest BCUT2D eigenvalue weighted by Gasteiger charge is -2.27. The minimum atomic E-state index is -0.302. The second-order valence-electron chi connectivity index (χ2n) is 4.09. The average Bonchev–Trinajstić information content (AvgIpc) is 2.70. The quantitative estimate of drug-likeness (QED) is 0.754. The van der Waals surface area contributed by atoms with Crippen LogP contribution in [0.1, 0.15) is 25.0 Å². The van der Waals surface area contributed by atoms with Crippen molar-refractivity contribution in [1.82, 2.24) is 5.32 Å². The highest BCUT2D eigenvalue weighted by Crippen LogP contribution is 2.33. The van der Waals surface area contributed by atoms with E-state index in [9.17, 15) is 4.79 Å². The molecule has 2 rings (SSSR count). The Morgan fingerprint density at radius 3 is 3.13 bits per heavy atom. The summed E-state index contributed by atoms with van der Waals surface area (Å²) in [5.41, 5.74) is 5.52. The molecule has 3 N–H and O–H groups in total. The monoisotopic (exact) mass is 208 g/mol. The molecule has 1 aliphatic rings. The van der Waals surface area contributed by atoms with E-state index in [1.807, 2.05) is 12.1 Å². The van der Waals surface area contributed by atoms with E-state index in [4.69, 9.17) is 10.2 Å². The lowest BCUT2D eigenvalue weighted by Crippen LogP contribution is -2.37. The van der Waals surface area contributed by atoms with Crippen LogP contribution in [0.2, 0.25) is 0 Å². The summed E-state index contributed by atoms with van der Waals surface area (Å²) < 4.78 is 5.41. The van der Waals surface area contributed by atoms with Gasteiger partial charge in [0.25, 0.3) is 0 Å². The SMILES string of the molecule is NCC1(c2ccco2)CCCNC(=O)C1. The van der Waals surface area contributed by atoms with E-state index >= 15 is 0 Å². The number of rotatable bonds is 2. The molecule has 0 spiro atoms. The van der Waals surface area contributed by atoms with Crippen LogP contribution in [0.4, 0.5) is 0 Å². The Kier molecular flexibility index (Phi) is 2.77. The molecule has 0 bridgehead atoms. The van der Waals surface area contributed by atoms with Crippen LogP contribution in [0.5, 0.6) is 0 Å². The second kappa shape index (κ2) is 4.06. The molecule has 0 saturated carbocycles. The van der Waals surface area contributed by atoms with Crippen molar-refractivity contribution < 1.29 is 9.21 Å². The fourth-order valence-electron chi connectivity index (χ4n) is 2.18. The Labute approximate surface area is 88.8 Å². The number of carbonyl (C=O) groups is 1. The summed E-state index contributed by atoms with van der Waals surface area (Å²) >= 11 is 0. The van der Waals surface area contributed by atoms with Crippen molar-refractivity contribution in [3.8, 4) is 0 Å². The standard InChI is InChI=1S/C11H16N2O2/c12-8-11(9-3-1-6-15-9)4-2-5-13-10(14)7-11/h1,3,6H,2,4-5,7-8,12H2,(H,13,14). The van der Waals surface area contributed by atoms with Crippen LogP contribution in [0.25, 0.3) is 0 Å². The average molecular weight is 208 g/mol. The normalized spacial score (nSPS) is 27.1. The number of amides is 1. The first-order valence-electron chi connectivity index (χ1n) is 5.28. The summed E-state index contributed by atoms with van der Waals surface area (Å²) in [4.78, 5) is 11.5. The van der Waals surface area contributed by atoms with Crippen LogP contribution in [0, 0.1) is 0 Å². The van der Waals surface area contributed by atoms with Gasteiger partial charge in [0.1, 0.15) is 5.76 Å². The highest BCUT2D eigenvalue weighted by molar-refractivity contribution is 5.77. The third-order valence-corrected chi connectivity index (χ3v) is 3.09. The van der Waals surface area contributed by atoms with Crippen molar-refractivity contribution in [1.29, 1.82) is 0 Å². The first-order valence-corrected chi connectivity index (χ1v) is 5.28. The molecule has 1 fully saturated rings. The molecule has 4 nitrogen and oxygen atoms in total. The zero-order valence-corrected chi connectivity index (χ0v) is 8.66. The largest absolute Gasteiger partial charge is 0.469 e. The molecular formula is C11H16N2O2. The van der Waals surface area contributed by atoms with Crippen LogP contribution < -0.4 is 11.1 Å². The molecule has 2 heterocycles. The maximum atomic E-state index is 11.5. The van der Waals surface area contributed by atoms with Crippen molar-refractivity contribution in [3.05, 3.63) is 24.2 Å². The zero-order chi connectivity index (χ0) is 10.7. The summed E-state index contributed by atoms with van der Waals surface area (Å²) in [7, 11) is 0. The maximum Gasteiger partial charge on any atom is 0.221 e. The maximum absolute atomic E-state index is 11.5. The van der Waals surface area contributed by atoms with Gasteiger partial charge in [-0.3, -0.25) is 4.79 Å². The van der Waals surface area contributed by atoms with Crippen molar-refractivity contribution in [2.75, 3.05) is 13.1 Å². The van der Waals surface area contributed by atoms with E-state index in [1.165, 1.54) is 0 Å². The Bertz CT molecular complexity index is 334. The highest BCUT2D eigenvalue weighted by Gasteiger charge is 2.37. The minimum absolute atomic E-state index is 0.0642. The molecule has 4 heteroatoms. The number of hydrogen-bond donors (Lipinski definition) is 2. The first-order chi connectivity index (χ1) is 7.27. The molecule has 1 aromatic heterocycles. The number of carbonyl (C=O) groups excluding carboxylic acids is 1. The van der Waals surface area contributed by atoms with Gasteiger partial charge in [-0.1, -0.05) is 0 Å². The van der Waals surface area contributed by atoms with E-state index in [-0.39, 0.29) is 11.3 Å². The molecule has 1 aromatic rings. The molecule has 0 aromatic carbocycles. The van der Waals surface area contributed by atoms with E-state index in [0.717, 1.165) is 25.1 Å². The predicted octanol–water partition coefficient (Wildman–Crippen LogP) is 0.776. The van der Waals surface area contributed by atoms with E-state index in [0.29, 0.717) is 13.0 Å². The topological polar surface area (TPSA) is 68.3 Å². The summed E-state index contributed by atoms with van der Waals surface area (Å²) in [6.07, 6.45) is 3.91. The van der Waals surface area contributed by atoms with Crippen LogP contribution in [-0.2, 0) is 10.2 Å². The van der Waals surface area contributed by atoms with Gasteiger partial charge in [0.2, 0.25) is 5.91 Å². The molecule has 1 amide bonds. The second-order valence-corrected chi connectivity index (χ2v) is 4.09. The van der Waals surface area contributed by atoms with Gasteiger partial charge in [0.15, 0.2) is 0 Å². The first kappa shape index (κ1) is 10.2. The molecule has 1 unspecified atom stereocenters. The summed E-state index contributed by atoms with van der Waals surface area (Å²) in [6.45, 7) is 1.19. The number of hydrogen-bond acceptors (Lipinski definition) is 3. The molecule has 0 radical (unpaired) electrons. The fraction of sp³-hybridized carbons (Fsp3) is 0.545. The van der Waals surface area contributed by atoms with Crippen molar-refractivity contribution in [2.45, 2.75) is 24.7 Å². The van der Waals surface area contributed by atoms with E-state index in [1.54, 1.807) is 6.26 Å². The molecule has 1 saturated heterocycles. The van der Waals surface area contributed by atoms with Crippen LogP contribution in [0.3, 0.4) is 0 Å². The number of furan rings is 1. The third-order valence-electron chi connectivity index (χ3n) is 3.09. The summed E-state index contributed by atoms with van der Waals surface area (Å²) in [5.74, 6) is 0.899. The Hall–Kier alpha value is -1.29. The van der Waals surface area contributed by atoms with Crippen LogP contribution in [0.15, 0.2) is 22.8 Å². The van der Waals surface area contributed by atoms with Gasteiger partial charge in [-0.2, -0.15) is 0 Å². The van der Waals surface area contributed by atoms with E-state index in [2.05, 4.69) is 5.32 Å². The van der Waals surface area contributed by atoms with Crippen molar-refractivity contribution in [2.24, 2.45) is 5.73 Å². The third kappa shape index (κ3) is 1.90. The molecule has 1 atom stereocenters. The lowest BCUT2D eigenvalue weighted by molar-refractivity contribution is -0.121. The van der Waals surface area contributed by atoms with Crippen LogP contribution >= 0.6 is 0 Å². The Morgan fingerprint density at radius 2 is 2.47 bits per heavy atom. The molecule has 82 valence electrons. The molecule has 15 heavy (non-hydrogen) atoms. The van der Waals surface area contributed by atoms with Gasteiger partial charge < -0.3 is 15.5 Å². The fourth-order valence-corrected chi connectivity index (χ4v) is 2.18. The van der Waals surface area contributed by atoms with Crippen molar-refractivity contribution >= 4 is 5.91 Å². The molecule has 0 aliphatic carbocycles. The minimum Gasteiger partial charge on any atom is -0.469 e. The van der Waals surface area contributed by atoms with Gasteiger partial charge in [-0.15, -0.1) is 0 Å². The highest BCUT2D eigenvalue weighted by atomic mass is 16.3. The van der Waals surface area contributed by atoms with Gasteiger partial charge in [0.05, 0.1) is 6.26 Å². The van der Waals surface area contributed by atoms with Gasteiger partial charge >= 0.3 is 0 Å². The smallest absolute Gasteiger partial charge is 0.221 e. The predicted molar refractivity (Wildman–Crippen MR) is 56.3 cm³/mol. The lowest BCUT2D eigenvalue weighted by atomic mass is 9.78. The van der Waals surface area contributed by atoms with Crippen LogP contribution in [-0.4, -0.2) is 19.0 Å². The zero-order valence-electron chi connectivity index (χ0n) is 8.66. The Balaban J connectivity index is 2.30. The van der Waals surface area contributed by atoms with Gasteiger partial charge in [-0.05, 0) is 25.0 Å². The number of nitrogens with two attached hydrogens (primary N) is 1. The molecular weight excluding hydrogens is 192 g/mol. The number of nitrogens with one attached hydrogen (secondary N) is 1. The Morgan fingerprint density at radius 1 is 1.60 bits per heavy atom. The van der Waals surface area contributed by atoms with Gasteiger partial charge in [0, 0.05) is 24.9 Å². The summed E-state index contributed by atoms with van der Waals surface area (Å²) in [5, 5.41) is 2.86. The van der Waals surface area contributed by atoms with Gasteiger partial charge in [-0.25, -0.2) is 0 Å². The molecule has 1 aliphatic heterocycles. The van der Waals surface area contributed by atoms with Crippen molar-refractivity contribution in [3.63, 3.8) is 0 Å². The summed E-state index contributed by atoms with van der Waals surface area (Å²) in [6, 6.07) is 3.75.